The molecule has 9 heteroatoms. The van der Waals surface area contributed by atoms with Crippen molar-refractivity contribution in [2.75, 3.05) is 33.2 Å². The Hall–Kier alpha value is -0.900. The van der Waals surface area contributed by atoms with Gasteiger partial charge in [-0.15, -0.1) is 0 Å². The number of carbonyl (C=O) groups is 1. The molecule has 1 N–H and O–H groups in total. The molecule has 0 atom stereocenters. The van der Waals surface area contributed by atoms with Gasteiger partial charge in [0.15, 0.2) is 4.67 Å². The highest BCUT2D eigenvalue weighted by atomic mass is 79.9. The quantitative estimate of drug-likeness (QED) is 0.802. The highest BCUT2D eigenvalue weighted by molar-refractivity contribution is 9.10. The molecule has 1 aromatic rings. The lowest BCUT2D eigenvalue weighted by molar-refractivity contribution is 0.0661. The van der Waals surface area contributed by atoms with Crippen molar-refractivity contribution in [3.8, 4) is 0 Å². The Balaban J connectivity index is 2.10. The predicted octanol–water partition coefficient (Wildman–Crippen LogP) is 1.46. The highest BCUT2D eigenvalue weighted by Crippen LogP contribution is 2.28. The van der Waals surface area contributed by atoms with E-state index in [1.54, 1.807) is 0 Å². The van der Waals surface area contributed by atoms with Crippen LogP contribution in [0.1, 0.15) is 23.4 Å². The molecule has 7 nitrogen and oxygen atoms in total. The van der Waals surface area contributed by atoms with Gasteiger partial charge in [0.2, 0.25) is 15.8 Å². The Labute approximate surface area is 131 Å². The summed E-state index contributed by atoms with van der Waals surface area (Å²) in [5, 5.41) is 8.84. The third-order valence-corrected chi connectivity index (χ3v) is 6.20. The van der Waals surface area contributed by atoms with Crippen molar-refractivity contribution in [2.45, 2.75) is 17.7 Å². The second-order valence-corrected chi connectivity index (χ2v) is 7.66. The third kappa shape index (κ3) is 3.65. The Morgan fingerprint density at radius 2 is 2.10 bits per heavy atom. The molecule has 21 heavy (non-hydrogen) atoms. The van der Waals surface area contributed by atoms with Crippen molar-refractivity contribution in [2.24, 2.45) is 0 Å². The van der Waals surface area contributed by atoms with Gasteiger partial charge in [-0.1, -0.05) is 0 Å². The molecule has 1 aliphatic heterocycles. The number of halogens is 1. The number of hydrogen-bond acceptors (Lipinski definition) is 5. The summed E-state index contributed by atoms with van der Waals surface area (Å²) in [5.41, 5.74) is 0. The van der Waals surface area contributed by atoms with E-state index in [9.17, 15) is 13.2 Å². The maximum Gasteiger partial charge on any atom is 0.371 e. The largest absolute Gasteiger partial charge is 0.475 e. The topological polar surface area (TPSA) is 91.1 Å². The number of aromatic carboxylic acids is 1. The summed E-state index contributed by atoms with van der Waals surface area (Å²) in [6.07, 6.45) is 2.29. The van der Waals surface area contributed by atoms with Crippen molar-refractivity contribution in [1.82, 2.24) is 9.21 Å². The number of sulfonamides is 1. The SMILES string of the molecule is CN(CCN1CCCC1)S(=O)(=O)c1cc(C(=O)O)oc1Br. The van der Waals surface area contributed by atoms with Gasteiger partial charge in [0.25, 0.3) is 0 Å². The first-order chi connectivity index (χ1) is 9.82. The fourth-order valence-electron chi connectivity index (χ4n) is 2.21. The lowest BCUT2D eigenvalue weighted by atomic mass is 10.4. The Morgan fingerprint density at radius 3 is 2.62 bits per heavy atom. The molecule has 0 aliphatic carbocycles. The summed E-state index contributed by atoms with van der Waals surface area (Å²) in [6.45, 7) is 3.00. The van der Waals surface area contributed by atoms with E-state index in [1.807, 2.05) is 0 Å². The van der Waals surface area contributed by atoms with E-state index in [0.29, 0.717) is 13.1 Å². The molecule has 2 rings (SSSR count). The zero-order chi connectivity index (χ0) is 15.6. The van der Waals surface area contributed by atoms with E-state index in [1.165, 1.54) is 11.4 Å². The van der Waals surface area contributed by atoms with Crippen LogP contribution in [0.5, 0.6) is 0 Å². The van der Waals surface area contributed by atoms with Crippen molar-refractivity contribution in [1.29, 1.82) is 0 Å². The predicted molar refractivity (Wildman–Crippen MR) is 78.9 cm³/mol. The summed E-state index contributed by atoms with van der Waals surface area (Å²) in [7, 11) is -2.29. The van der Waals surface area contributed by atoms with Crippen LogP contribution in [0, 0.1) is 0 Å². The van der Waals surface area contributed by atoms with Crippen LogP contribution >= 0.6 is 15.9 Å². The second kappa shape index (κ2) is 6.47. The maximum absolute atomic E-state index is 12.4. The molecule has 1 aliphatic rings. The minimum atomic E-state index is -3.77. The molecule has 0 aromatic carbocycles. The van der Waals surface area contributed by atoms with Gasteiger partial charge in [0, 0.05) is 26.2 Å². The Bertz CT molecular complexity index is 622. The summed E-state index contributed by atoms with van der Waals surface area (Å²) in [5.74, 6) is -1.72. The lowest BCUT2D eigenvalue weighted by Gasteiger charge is -2.20. The van der Waals surface area contributed by atoms with E-state index in [0.717, 1.165) is 32.0 Å². The van der Waals surface area contributed by atoms with E-state index in [-0.39, 0.29) is 9.56 Å². The number of hydrogen-bond donors (Lipinski definition) is 1. The monoisotopic (exact) mass is 380 g/mol. The molecular weight excluding hydrogens is 364 g/mol. The highest BCUT2D eigenvalue weighted by Gasteiger charge is 2.29. The van der Waals surface area contributed by atoms with Crippen molar-refractivity contribution < 1.29 is 22.7 Å². The van der Waals surface area contributed by atoms with E-state index < -0.39 is 21.8 Å². The fraction of sp³-hybridized carbons (Fsp3) is 0.583. The van der Waals surface area contributed by atoms with Crippen molar-refractivity contribution >= 4 is 31.9 Å². The summed E-state index contributed by atoms with van der Waals surface area (Å²) >= 11 is 2.96. The number of likely N-dealkylation sites (N-methyl/N-ethyl adjacent to an activating group) is 1. The number of likely N-dealkylation sites (tertiary alicyclic amines) is 1. The van der Waals surface area contributed by atoms with Gasteiger partial charge in [-0.3, -0.25) is 0 Å². The molecule has 0 saturated carbocycles. The van der Waals surface area contributed by atoms with Gasteiger partial charge < -0.3 is 14.4 Å². The van der Waals surface area contributed by atoms with Crippen molar-refractivity contribution in [3.05, 3.63) is 16.5 Å². The van der Waals surface area contributed by atoms with Gasteiger partial charge in [-0.25, -0.2) is 13.2 Å². The zero-order valence-corrected chi connectivity index (χ0v) is 14.0. The van der Waals surface area contributed by atoms with Gasteiger partial charge in [0.1, 0.15) is 4.90 Å². The van der Waals surface area contributed by atoms with Gasteiger partial charge >= 0.3 is 5.97 Å². The second-order valence-electron chi connectivity index (χ2n) is 4.93. The maximum atomic E-state index is 12.4. The summed E-state index contributed by atoms with van der Waals surface area (Å²) < 4.78 is 30.9. The van der Waals surface area contributed by atoms with Crippen LogP contribution in [0.15, 0.2) is 20.0 Å². The van der Waals surface area contributed by atoms with Crippen LogP contribution in [0.2, 0.25) is 0 Å². The first-order valence-electron chi connectivity index (χ1n) is 6.53. The van der Waals surface area contributed by atoms with Crippen LogP contribution in [-0.4, -0.2) is 61.9 Å². The lowest BCUT2D eigenvalue weighted by Crippen LogP contribution is -2.35. The first kappa shape index (κ1) is 16.5. The molecular formula is C12H17BrN2O5S. The van der Waals surface area contributed by atoms with Crippen LogP contribution in [0.4, 0.5) is 0 Å². The van der Waals surface area contributed by atoms with Gasteiger partial charge in [0.05, 0.1) is 0 Å². The number of nitrogens with zero attached hydrogens (tertiary/aromatic N) is 2. The molecule has 0 unspecified atom stereocenters. The van der Waals surface area contributed by atoms with Gasteiger partial charge in [-0.05, 0) is 41.9 Å². The number of carboxylic acid groups (broad SMARTS) is 1. The van der Waals surface area contributed by atoms with Crippen LogP contribution in [0.25, 0.3) is 0 Å². The Kier molecular flexibility index (Phi) is 5.07. The molecule has 0 radical (unpaired) electrons. The van der Waals surface area contributed by atoms with E-state index in [2.05, 4.69) is 20.8 Å². The van der Waals surface area contributed by atoms with E-state index in [4.69, 9.17) is 9.52 Å². The minimum Gasteiger partial charge on any atom is -0.475 e. The number of furan rings is 1. The average Bonchev–Trinajstić information content (AvgIpc) is 3.04. The molecule has 1 fully saturated rings. The average molecular weight is 381 g/mol. The molecule has 0 amide bonds. The molecule has 1 saturated heterocycles. The summed E-state index contributed by atoms with van der Waals surface area (Å²) in [4.78, 5) is 12.9. The first-order valence-corrected chi connectivity index (χ1v) is 8.77. The zero-order valence-electron chi connectivity index (χ0n) is 11.6. The molecule has 1 aromatic heterocycles. The molecule has 0 spiro atoms. The normalized spacial score (nSPS) is 16.7. The standard InChI is InChI=1S/C12H17BrN2O5S/c1-14(6-7-15-4-2-3-5-15)21(18,19)10-8-9(12(16)17)20-11(10)13/h8H,2-7H2,1H3,(H,16,17). The third-order valence-electron chi connectivity index (χ3n) is 3.48. The molecule has 118 valence electrons. The van der Waals surface area contributed by atoms with Gasteiger partial charge in [-0.2, -0.15) is 4.31 Å². The van der Waals surface area contributed by atoms with Crippen LogP contribution in [-0.2, 0) is 10.0 Å². The van der Waals surface area contributed by atoms with Crippen LogP contribution < -0.4 is 0 Å². The number of carboxylic acids is 1. The molecule has 2 heterocycles. The molecule has 0 bridgehead atoms. The fourth-order valence-corrected chi connectivity index (χ4v) is 4.27. The smallest absolute Gasteiger partial charge is 0.371 e. The number of rotatable bonds is 6. The minimum absolute atomic E-state index is 0.0899. The Morgan fingerprint density at radius 1 is 1.48 bits per heavy atom. The van der Waals surface area contributed by atoms with E-state index >= 15 is 0 Å². The summed E-state index contributed by atoms with van der Waals surface area (Å²) in [6, 6.07) is 1.02. The van der Waals surface area contributed by atoms with Crippen LogP contribution in [0.3, 0.4) is 0 Å². The van der Waals surface area contributed by atoms with Crippen molar-refractivity contribution in [3.63, 3.8) is 0 Å².